The third kappa shape index (κ3) is 4.31. The largest absolute Gasteiger partial charge is 0.176 e. The summed E-state index contributed by atoms with van der Waals surface area (Å²) in [5.74, 6) is 0.508. The highest BCUT2D eigenvalue weighted by Crippen LogP contribution is 2.33. The van der Waals surface area contributed by atoms with Gasteiger partial charge in [-0.3, -0.25) is 0 Å². The molecule has 3 aromatic carbocycles. The summed E-state index contributed by atoms with van der Waals surface area (Å²) in [6.45, 7) is 18.2. The minimum absolute atomic E-state index is 0.508. The lowest BCUT2D eigenvalue weighted by molar-refractivity contribution is 0.789. The van der Waals surface area contributed by atoms with E-state index in [4.69, 9.17) is 0 Å². The lowest BCUT2D eigenvalue weighted by Gasteiger charge is -2.38. The molecule has 0 bridgehead atoms. The van der Waals surface area contributed by atoms with Gasteiger partial charge in [0, 0.05) is 0 Å². The van der Waals surface area contributed by atoms with E-state index < -0.39 is 8.07 Å². The Morgan fingerprint density at radius 3 is 1.18 bits per heavy atom. The zero-order valence-electron chi connectivity index (χ0n) is 21.6. The standard InChI is InChI=1S/C32H38Si/c1-21(2)31-10-9-11-32(31)33(28-15-22(3)12-23(4)16-28,29-17-24(5)13-25(6)18-29)30-19-26(7)14-27(8)20-30/h9-10,12-21H,11H2,1-8H3. The van der Waals surface area contributed by atoms with Crippen LogP contribution in [0.4, 0.5) is 0 Å². The Hall–Kier alpha value is -2.64. The lowest BCUT2D eigenvalue weighted by Crippen LogP contribution is -2.69. The molecule has 170 valence electrons. The van der Waals surface area contributed by atoms with Gasteiger partial charge in [0.05, 0.1) is 0 Å². The first-order valence-electron chi connectivity index (χ1n) is 12.3. The van der Waals surface area contributed by atoms with Crippen molar-refractivity contribution >= 4 is 23.6 Å². The van der Waals surface area contributed by atoms with Crippen LogP contribution in [0.1, 0.15) is 53.6 Å². The fourth-order valence-corrected chi connectivity index (χ4v) is 12.0. The fraction of sp³-hybridized carbons (Fsp3) is 0.312. The summed E-state index contributed by atoms with van der Waals surface area (Å²) in [5.41, 5.74) is 9.67. The van der Waals surface area contributed by atoms with Gasteiger partial charge in [-0.1, -0.05) is 119 Å². The minimum atomic E-state index is -2.49. The summed E-state index contributed by atoms with van der Waals surface area (Å²) >= 11 is 0. The van der Waals surface area contributed by atoms with Crippen molar-refractivity contribution in [3.8, 4) is 0 Å². The van der Waals surface area contributed by atoms with Crippen LogP contribution in [-0.4, -0.2) is 8.07 Å². The maximum Gasteiger partial charge on any atom is 0.176 e. The van der Waals surface area contributed by atoms with Crippen molar-refractivity contribution in [3.05, 3.63) is 111 Å². The van der Waals surface area contributed by atoms with Crippen LogP contribution >= 0.6 is 0 Å². The van der Waals surface area contributed by atoms with E-state index in [-0.39, 0.29) is 0 Å². The number of allylic oxidation sites excluding steroid dienone is 4. The fourth-order valence-electron chi connectivity index (χ4n) is 6.03. The molecule has 4 rings (SSSR count). The molecule has 1 aliphatic carbocycles. The average Bonchev–Trinajstić information content (AvgIpc) is 3.17. The molecular formula is C32H38Si. The van der Waals surface area contributed by atoms with E-state index in [9.17, 15) is 0 Å². The van der Waals surface area contributed by atoms with E-state index in [1.54, 1.807) is 10.8 Å². The SMILES string of the molecule is Cc1cc(C)cc([Si](C2=C(C(C)C)C=CC2)(c2cc(C)cc(C)c2)c2cc(C)cc(C)c2)c1. The highest BCUT2D eigenvalue weighted by atomic mass is 28.3. The van der Waals surface area contributed by atoms with E-state index >= 15 is 0 Å². The van der Waals surface area contributed by atoms with Crippen molar-refractivity contribution in [2.24, 2.45) is 5.92 Å². The first-order valence-corrected chi connectivity index (χ1v) is 14.3. The van der Waals surface area contributed by atoms with Crippen LogP contribution in [0.3, 0.4) is 0 Å². The molecule has 3 aromatic rings. The Kier molecular flexibility index (Phi) is 6.38. The van der Waals surface area contributed by atoms with Crippen LogP contribution in [0, 0.1) is 47.5 Å². The zero-order valence-corrected chi connectivity index (χ0v) is 22.6. The van der Waals surface area contributed by atoms with Gasteiger partial charge in [-0.15, -0.1) is 0 Å². The lowest BCUT2D eigenvalue weighted by atomic mass is 10.1. The van der Waals surface area contributed by atoms with Crippen LogP contribution in [0.5, 0.6) is 0 Å². The molecule has 33 heavy (non-hydrogen) atoms. The molecule has 0 aliphatic heterocycles. The van der Waals surface area contributed by atoms with Crippen LogP contribution in [0.25, 0.3) is 0 Å². The number of rotatable bonds is 5. The number of hydrogen-bond donors (Lipinski definition) is 0. The highest BCUT2D eigenvalue weighted by molar-refractivity contribution is 7.16. The quantitative estimate of drug-likeness (QED) is 0.309. The highest BCUT2D eigenvalue weighted by Gasteiger charge is 2.45. The Bertz CT molecular complexity index is 1080. The van der Waals surface area contributed by atoms with Gasteiger partial charge in [0.2, 0.25) is 0 Å². The summed E-state index contributed by atoms with van der Waals surface area (Å²) in [6.07, 6.45) is 5.86. The molecular weight excluding hydrogens is 412 g/mol. The second kappa shape index (κ2) is 8.95. The first-order chi connectivity index (χ1) is 15.6. The van der Waals surface area contributed by atoms with Crippen LogP contribution in [-0.2, 0) is 0 Å². The molecule has 0 nitrogen and oxygen atoms in total. The topological polar surface area (TPSA) is 0 Å². The van der Waals surface area contributed by atoms with Crippen molar-refractivity contribution in [1.29, 1.82) is 0 Å². The Balaban J connectivity index is 2.25. The third-order valence-electron chi connectivity index (χ3n) is 7.01. The number of aryl methyl sites for hydroxylation is 6. The summed E-state index contributed by atoms with van der Waals surface area (Å²) in [4.78, 5) is 0. The molecule has 0 atom stereocenters. The molecule has 0 radical (unpaired) electrons. The summed E-state index contributed by atoms with van der Waals surface area (Å²) in [6, 6.07) is 21.9. The van der Waals surface area contributed by atoms with Gasteiger partial charge in [-0.2, -0.15) is 0 Å². The molecule has 0 aromatic heterocycles. The van der Waals surface area contributed by atoms with Gasteiger partial charge in [-0.05, 0) is 75.0 Å². The van der Waals surface area contributed by atoms with Gasteiger partial charge >= 0.3 is 0 Å². The molecule has 0 unspecified atom stereocenters. The molecule has 1 heteroatoms. The van der Waals surface area contributed by atoms with E-state index in [0.29, 0.717) is 5.92 Å². The average molecular weight is 451 g/mol. The summed E-state index contributed by atoms with van der Waals surface area (Å²) in [5, 5.41) is 6.23. The van der Waals surface area contributed by atoms with Crippen molar-refractivity contribution in [2.45, 2.75) is 61.8 Å². The smallest absolute Gasteiger partial charge is 0.0805 e. The van der Waals surface area contributed by atoms with Gasteiger partial charge in [0.1, 0.15) is 0 Å². The van der Waals surface area contributed by atoms with Crippen molar-refractivity contribution in [1.82, 2.24) is 0 Å². The van der Waals surface area contributed by atoms with E-state index in [1.165, 1.54) is 48.9 Å². The molecule has 0 amide bonds. The molecule has 0 spiro atoms. The summed E-state index contributed by atoms with van der Waals surface area (Å²) in [7, 11) is -2.49. The molecule has 0 saturated carbocycles. The first kappa shape index (κ1) is 23.5. The Morgan fingerprint density at radius 2 is 0.879 bits per heavy atom. The van der Waals surface area contributed by atoms with Gasteiger partial charge < -0.3 is 0 Å². The van der Waals surface area contributed by atoms with Gasteiger partial charge in [0.25, 0.3) is 0 Å². The molecule has 0 saturated heterocycles. The van der Waals surface area contributed by atoms with Crippen molar-refractivity contribution in [3.63, 3.8) is 0 Å². The zero-order chi connectivity index (χ0) is 23.9. The maximum atomic E-state index is 2.48. The molecule has 0 fully saturated rings. The van der Waals surface area contributed by atoms with E-state index in [0.717, 1.165) is 6.42 Å². The molecule has 0 heterocycles. The van der Waals surface area contributed by atoms with Gasteiger partial charge in [0.15, 0.2) is 8.07 Å². The van der Waals surface area contributed by atoms with Crippen molar-refractivity contribution < 1.29 is 0 Å². The predicted octanol–water partition coefficient (Wildman–Crippen LogP) is 6.46. The summed E-state index contributed by atoms with van der Waals surface area (Å²) < 4.78 is 0. The number of hydrogen-bond acceptors (Lipinski definition) is 0. The van der Waals surface area contributed by atoms with Crippen LogP contribution in [0.2, 0.25) is 0 Å². The monoisotopic (exact) mass is 450 g/mol. The Morgan fingerprint density at radius 1 is 0.545 bits per heavy atom. The number of benzene rings is 3. The van der Waals surface area contributed by atoms with E-state index in [2.05, 4.69) is 122 Å². The second-order valence-corrected chi connectivity index (χ2v) is 14.4. The molecule has 0 N–H and O–H groups in total. The minimum Gasteiger partial charge on any atom is -0.0805 e. The second-order valence-electron chi connectivity index (χ2n) is 10.6. The van der Waals surface area contributed by atoms with Crippen molar-refractivity contribution in [2.75, 3.05) is 0 Å². The van der Waals surface area contributed by atoms with E-state index in [1.807, 2.05) is 0 Å². The Labute approximate surface area is 202 Å². The predicted molar refractivity (Wildman–Crippen MR) is 148 cm³/mol. The van der Waals surface area contributed by atoms with Crippen LogP contribution in [0.15, 0.2) is 77.5 Å². The normalized spacial score (nSPS) is 14.0. The molecule has 1 aliphatic rings. The van der Waals surface area contributed by atoms with Crippen LogP contribution < -0.4 is 15.6 Å². The maximum absolute atomic E-state index is 2.49. The third-order valence-corrected chi connectivity index (χ3v) is 11.9. The van der Waals surface area contributed by atoms with Gasteiger partial charge in [-0.25, -0.2) is 0 Å².